The van der Waals surface area contributed by atoms with Gasteiger partial charge in [-0.05, 0) is 47.2 Å². The Balaban J connectivity index is 0.000000152. The molecule has 0 aliphatic heterocycles. The Kier molecular flexibility index (Phi) is 6.01. The molecule has 0 atom stereocenters. The monoisotopic (exact) mass is 336 g/mol. The first-order valence-corrected chi connectivity index (χ1v) is 8.98. The van der Waals surface area contributed by atoms with Crippen LogP contribution in [0.15, 0.2) is 109 Å². The topological polar surface area (TPSA) is 0 Å². The lowest BCUT2D eigenvalue weighted by molar-refractivity contribution is 1.34. The van der Waals surface area contributed by atoms with Crippen LogP contribution in [-0.4, -0.2) is 0 Å². The fourth-order valence-electron chi connectivity index (χ4n) is 2.94. The van der Waals surface area contributed by atoms with Crippen molar-refractivity contribution in [1.82, 2.24) is 0 Å². The molecule has 0 amide bonds. The maximum Gasteiger partial charge on any atom is -0.0152 e. The second kappa shape index (κ2) is 8.82. The summed E-state index contributed by atoms with van der Waals surface area (Å²) >= 11 is 0. The molecule has 0 N–H and O–H groups in total. The summed E-state index contributed by atoms with van der Waals surface area (Å²) in [5.74, 6) is 0. The summed E-state index contributed by atoms with van der Waals surface area (Å²) in [6, 6.07) is 37.8. The molecule has 0 heteroatoms. The van der Waals surface area contributed by atoms with E-state index in [9.17, 15) is 0 Å². The molecular weight excluding hydrogens is 312 g/mol. The van der Waals surface area contributed by atoms with Gasteiger partial charge in [0.1, 0.15) is 0 Å². The predicted molar refractivity (Wildman–Crippen MR) is 113 cm³/mol. The fourth-order valence-corrected chi connectivity index (χ4v) is 2.94. The molecule has 128 valence electrons. The largest absolute Gasteiger partial charge is 0.0622 e. The van der Waals surface area contributed by atoms with E-state index in [1.807, 2.05) is 12.1 Å². The zero-order valence-corrected chi connectivity index (χ0v) is 15.4. The van der Waals surface area contributed by atoms with Gasteiger partial charge in [-0.15, -0.1) is 0 Å². The first-order chi connectivity index (χ1) is 12.8. The van der Waals surface area contributed by atoms with Crippen LogP contribution in [0.1, 0.15) is 11.1 Å². The molecule has 4 aromatic carbocycles. The summed E-state index contributed by atoms with van der Waals surface area (Å²) < 4.78 is 0. The molecule has 0 fully saturated rings. The first-order valence-electron chi connectivity index (χ1n) is 8.98. The van der Waals surface area contributed by atoms with Gasteiger partial charge in [-0.1, -0.05) is 109 Å². The SMILES string of the molecule is Cc1cccc(-c2ccccc2)c1C.c1ccc(-c2ccccc2)cc1. The molecular formula is C26H24. The van der Waals surface area contributed by atoms with E-state index in [-0.39, 0.29) is 0 Å². The normalized spacial score (nSPS) is 9.92. The number of hydrogen-bond acceptors (Lipinski definition) is 0. The van der Waals surface area contributed by atoms with Gasteiger partial charge in [-0.3, -0.25) is 0 Å². The maximum atomic E-state index is 2.18. The van der Waals surface area contributed by atoms with Gasteiger partial charge < -0.3 is 0 Å². The molecule has 0 spiro atoms. The third-order valence-corrected chi connectivity index (χ3v) is 4.57. The Hall–Kier alpha value is -3.12. The van der Waals surface area contributed by atoms with Crippen molar-refractivity contribution in [2.75, 3.05) is 0 Å². The van der Waals surface area contributed by atoms with Crippen molar-refractivity contribution in [3.8, 4) is 22.3 Å². The number of rotatable bonds is 2. The molecule has 0 unspecified atom stereocenters. The average Bonchev–Trinajstić information content (AvgIpc) is 2.72. The third-order valence-electron chi connectivity index (χ3n) is 4.57. The Morgan fingerprint density at radius 2 is 0.808 bits per heavy atom. The smallest absolute Gasteiger partial charge is 0.0152 e. The summed E-state index contributed by atoms with van der Waals surface area (Å²) in [5, 5.41) is 0. The van der Waals surface area contributed by atoms with Gasteiger partial charge in [0.25, 0.3) is 0 Å². The van der Waals surface area contributed by atoms with Crippen molar-refractivity contribution in [2.45, 2.75) is 13.8 Å². The van der Waals surface area contributed by atoms with E-state index in [2.05, 4.69) is 111 Å². The summed E-state index contributed by atoms with van der Waals surface area (Å²) in [5.41, 5.74) is 7.92. The van der Waals surface area contributed by atoms with Gasteiger partial charge in [0.15, 0.2) is 0 Å². The molecule has 0 nitrogen and oxygen atoms in total. The maximum absolute atomic E-state index is 2.18. The molecule has 0 aromatic heterocycles. The summed E-state index contributed by atoms with van der Waals surface area (Å²) in [6.45, 7) is 4.33. The highest BCUT2D eigenvalue weighted by molar-refractivity contribution is 5.68. The minimum absolute atomic E-state index is 1.28. The van der Waals surface area contributed by atoms with E-state index in [1.165, 1.54) is 33.4 Å². The van der Waals surface area contributed by atoms with Gasteiger partial charge in [0, 0.05) is 0 Å². The fraction of sp³-hybridized carbons (Fsp3) is 0.0769. The second-order valence-electron chi connectivity index (χ2n) is 6.35. The quantitative estimate of drug-likeness (QED) is 0.359. The van der Waals surface area contributed by atoms with Crippen LogP contribution in [0.2, 0.25) is 0 Å². The minimum Gasteiger partial charge on any atom is -0.0622 e. The molecule has 0 radical (unpaired) electrons. The van der Waals surface area contributed by atoms with Crippen LogP contribution in [0.3, 0.4) is 0 Å². The summed E-state index contributed by atoms with van der Waals surface area (Å²) in [6.07, 6.45) is 0. The molecule has 4 rings (SSSR count). The van der Waals surface area contributed by atoms with Crippen molar-refractivity contribution in [3.63, 3.8) is 0 Å². The molecule has 4 aromatic rings. The van der Waals surface area contributed by atoms with Gasteiger partial charge in [-0.25, -0.2) is 0 Å². The van der Waals surface area contributed by atoms with E-state index in [0.717, 1.165) is 0 Å². The van der Waals surface area contributed by atoms with Crippen molar-refractivity contribution in [3.05, 3.63) is 120 Å². The van der Waals surface area contributed by atoms with Crippen molar-refractivity contribution in [1.29, 1.82) is 0 Å². The first kappa shape index (κ1) is 17.7. The van der Waals surface area contributed by atoms with Crippen molar-refractivity contribution >= 4 is 0 Å². The van der Waals surface area contributed by atoms with Crippen LogP contribution in [0.5, 0.6) is 0 Å². The Bertz CT molecular complexity index is 886. The lowest BCUT2D eigenvalue weighted by atomic mass is 9.97. The summed E-state index contributed by atoms with van der Waals surface area (Å²) in [7, 11) is 0. The van der Waals surface area contributed by atoms with Crippen LogP contribution in [-0.2, 0) is 0 Å². The van der Waals surface area contributed by atoms with Crippen LogP contribution in [0.4, 0.5) is 0 Å². The van der Waals surface area contributed by atoms with E-state index in [0.29, 0.717) is 0 Å². The van der Waals surface area contributed by atoms with E-state index in [4.69, 9.17) is 0 Å². The van der Waals surface area contributed by atoms with Gasteiger partial charge in [0.2, 0.25) is 0 Å². The molecule has 0 saturated carbocycles. The average molecular weight is 336 g/mol. The number of aryl methyl sites for hydroxylation is 1. The molecule has 0 saturated heterocycles. The molecule has 0 heterocycles. The Labute approximate surface area is 156 Å². The lowest BCUT2D eigenvalue weighted by Gasteiger charge is -2.07. The van der Waals surface area contributed by atoms with Gasteiger partial charge >= 0.3 is 0 Å². The zero-order chi connectivity index (χ0) is 18.2. The van der Waals surface area contributed by atoms with Gasteiger partial charge in [-0.2, -0.15) is 0 Å². The van der Waals surface area contributed by atoms with Gasteiger partial charge in [0.05, 0.1) is 0 Å². The summed E-state index contributed by atoms with van der Waals surface area (Å²) in [4.78, 5) is 0. The van der Waals surface area contributed by atoms with Crippen molar-refractivity contribution < 1.29 is 0 Å². The van der Waals surface area contributed by atoms with Crippen molar-refractivity contribution in [2.24, 2.45) is 0 Å². The molecule has 26 heavy (non-hydrogen) atoms. The third kappa shape index (κ3) is 4.49. The predicted octanol–water partition coefficient (Wildman–Crippen LogP) is 7.32. The van der Waals surface area contributed by atoms with E-state index < -0.39 is 0 Å². The molecule has 0 bridgehead atoms. The highest BCUT2D eigenvalue weighted by Gasteiger charge is 2.01. The van der Waals surface area contributed by atoms with E-state index >= 15 is 0 Å². The van der Waals surface area contributed by atoms with Crippen LogP contribution >= 0.6 is 0 Å². The van der Waals surface area contributed by atoms with Crippen LogP contribution < -0.4 is 0 Å². The minimum atomic E-state index is 1.28. The second-order valence-corrected chi connectivity index (χ2v) is 6.35. The Morgan fingerprint density at radius 1 is 0.385 bits per heavy atom. The number of hydrogen-bond donors (Lipinski definition) is 0. The van der Waals surface area contributed by atoms with E-state index in [1.54, 1.807) is 0 Å². The molecule has 0 aliphatic rings. The Morgan fingerprint density at radius 3 is 1.27 bits per heavy atom. The van der Waals surface area contributed by atoms with Crippen LogP contribution in [0, 0.1) is 13.8 Å². The number of benzene rings is 4. The standard InChI is InChI=1S/C14H14.C12H10/c1-11-7-6-10-14(12(11)2)13-8-4-3-5-9-13;1-3-7-11(8-4-1)12-9-5-2-6-10-12/h3-10H,1-2H3;1-10H. The lowest BCUT2D eigenvalue weighted by Crippen LogP contribution is -1.85. The molecule has 0 aliphatic carbocycles. The highest BCUT2D eigenvalue weighted by atomic mass is 14.1. The van der Waals surface area contributed by atoms with Crippen LogP contribution in [0.25, 0.3) is 22.3 Å². The zero-order valence-electron chi connectivity index (χ0n) is 15.4. The highest BCUT2D eigenvalue weighted by Crippen LogP contribution is 2.24.